The summed E-state index contributed by atoms with van der Waals surface area (Å²) in [7, 11) is 0. The van der Waals surface area contributed by atoms with Gasteiger partial charge < -0.3 is 14.2 Å². The molecule has 0 amide bonds. The third-order valence-corrected chi connectivity index (χ3v) is 14.7. The van der Waals surface area contributed by atoms with Crippen molar-refractivity contribution in [2.24, 2.45) is 0 Å². The zero-order valence-corrected chi connectivity index (χ0v) is 48.7. The highest BCUT2D eigenvalue weighted by atomic mass is 16.6. The Morgan fingerprint density at radius 1 is 0.278 bits per heavy atom. The van der Waals surface area contributed by atoms with Gasteiger partial charge in [0.2, 0.25) is 0 Å². The van der Waals surface area contributed by atoms with E-state index in [0.29, 0.717) is 19.3 Å². The molecule has 0 heterocycles. The second-order valence-corrected chi connectivity index (χ2v) is 22.0. The Labute approximate surface area is 449 Å². The lowest BCUT2D eigenvalue weighted by molar-refractivity contribution is -0.167. The van der Waals surface area contributed by atoms with E-state index in [1.54, 1.807) is 0 Å². The Hall–Kier alpha value is -2.11. The van der Waals surface area contributed by atoms with Crippen LogP contribution in [0.3, 0.4) is 0 Å². The highest BCUT2D eigenvalue weighted by molar-refractivity contribution is 5.71. The number of hydrogen-bond donors (Lipinski definition) is 0. The molecule has 0 aromatic rings. The van der Waals surface area contributed by atoms with Crippen LogP contribution in [0.15, 0.2) is 24.3 Å². The average Bonchev–Trinajstić information content (AvgIpc) is 3.38. The molecule has 6 nitrogen and oxygen atoms in total. The lowest BCUT2D eigenvalue weighted by Gasteiger charge is -2.18. The van der Waals surface area contributed by atoms with Crippen LogP contribution in [0.1, 0.15) is 361 Å². The molecule has 0 saturated carbocycles. The van der Waals surface area contributed by atoms with Crippen molar-refractivity contribution in [3.05, 3.63) is 24.3 Å². The topological polar surface area (TPSA) is 78.9 Å². The summed E-state index contributed by atoms with van der Waals surface area (Å²) in [5.41, 5.74) is 0. The normalized spacial score (nSPS) is 12.1. The molecule has 1 atom stereocenters. The number of hydrogen-bond acceptors (Lipinski definition) is 6. The first-order valence-corrected chi connectivity index (χ1v) is 32.3. The van der Waals surface area contributed by atoms with Crippen LogP contribution in [-0.4, -0.2) is 37.2 Å². The van der Waals surface area contributed by atoms with E-state index in [4.69, 9.17) is 14.2 Å². The van der Waals surface area contributed by atoms with Crippen molar-refractivity contribution in [2.45, 2.75) is 367 Å². The standard InChI is InChI=1S/C66H124O6/c1-4-7-10-13-16-19-22-25-28-30-32-33-34-36-38-41-44-47-50-53-56-59-65(68)71-62-63(61-70-64(67)58-55-52-49-46-43-40-37-27-24-21-18-15-12-9-6-3)72-66(69)60-57-54-51-48-45-42-39-35-31-29-26-23-20-17-14-11-8-5-2/h18,21,27,37,63H,4-17,19-20,22-26,28-36,38-62H2,1-3H3/b21-18-,37-27-. The van der Waals surface area contributed by atoms with Gasteiger partial charge in [-0.15, -0.1) is 0 Å². The molecule has 0 aliphatic heterocycles. The number of carbonyl (C=O) groups excluding carboxylic acids is 3. The van der Waals surface area contributed by atoms with Gasteiger partial charge in [-0.05, 0) is 51.4 Å². The van der Waals surface area contributed by atoms with Gasteiger partial charge in [0.1, 0.15) is 13.2 Å². The van der Waals surface area contributed by atoms with Crippen LogP contribution in [0.5, 0.6) is 0 Å². The van der Waals surface area contributed by atoms with Gasteiger partial charge in [0.15, 0.2) is 6.10 Å². The van der Waals surface area contributed by atoms with Crippen molar-refractivity contribution >= 4 is 17.9 Å². The van der Waals surface area contributed by atoms with Gasteiger partial charge in [0.25, 0.3) is 0 Å². The lowest BCUT2D eigenvalue weighted by Crippen LogP contribution is -2.30. The van der Waals surface area contributed by atoms with Gasteiger partial charge in [-0.25, -0.2) is 0 Å². The largest absolute Gasteiger partial charge is 0.462 e. The van der Waals surface area contributed by atoms with E-state index in [1.807, 2.05) is 0 Å². The summed E-state index contributed by atoms with van der Waals surface area (Å²) in [6.45, 7) is 6.68. The molecule has 1 unspecified atom stereocenters. The zero-order chi connectivity index (χ0) is 52.2. The molecular formula is C66H124O6. The monoisotopic (exact) mass is 1010 g/mol. The number of esters is 3. The molecule has 0 N–H and O–H groups in total. The molecule has 0 rings (SSSR count). The highest BCUT2D eigenvalue weighted by Crippen LogP contribution is 2.18. The first-order valence-electron chi connectivity index (χ1n) is 32.3. The van der Waals surface area contributed by atoms with Crippen LogP contribution in [0.25, 0.3) is 0 Å². The van der Waals surface area contributed by atoms with Crippen LogP contribution in [0, 0.1) is 0 Å². The van der Waals surface area contributed by atoms with Crippen molar-refractivity contribution < 1.29 is 28.6 Å². The molecule has 0 aromatic carbocycles. The minimum absolute atomic E-state index is 0.0695. The van der Waals surface area contributed by atoms with Crippen molar-refractivity contribution in [1.82, 2.24) is 0 Å². The summed E-state index contributed by atoms with van der Waals surface area (Å²) >= 11 is 0. The number of rotatable bonds is 60. The Bertz CT molecular complexity index is 1160. The maximum Gasteiger partial charge on any atom is 0.306 e. The maximum absolute atomic E-state index is 12.9. The number of carbonyl (C=O) groups is 3. The van der Waals surface area contributed by atoms with Gasteiger partial charge in [-0.1, -0.05) is 315 Å². The molecule has 72 heavy (non-hydrogen) atoms. The summed E-state index contributed by atoms with van der Waals surface area (Å²) in [6.07, 6.45) is 73.3. The predicted molar refractivity (Wildman–Crippen MR) is 312 cm³/mol. The van der Waals surface area contributed by atoms with Crippen molar-refractivity contribution in [2.75, 3.05) is 13.2 Å². The smallest absolute Gasteiger partial charge is 0.306 e. The van der Waals surface area contributed by atoms with E-state index in [0.717, 1.165) is 77.0 Å². The Balaban J connectivity index is 4.29. The molecule has 0 aliphatic carbocycles. The predicted octanol–water partition coefficient (Wildman–Crippen LogP) is 21.8. The number of unbranched alkanes of at least 4 members (excludes halogenated alkanes) is 45. The van der Waals surface area contributed by atoms with Gasteiger partial charge in [0, 0.05) is 19.3 Å². The Morgan fingerprint density at radius 2 is 0.500 bits per heavy atom. The lowest BCUT2D eigenvalue weighted by atomic mass is 10.0. The molecule has 6 heteroatoms. The number of allylic oxidation sites excluding steroid dienone is 4. The minimum Gasteiger partial charge on any atom is -0.462 e. The van der Waals surface area contributed by atoms with Crippen LogP contribution < -0.4 is 0 Å². The van der Waals surface area contributed by atoms with E-state index < -0.39 is 6.10 Å². The Kier molecular flexibility index (Phi) is 59.6. The summed E-state index contributed by atoms with van der Waals surface area (Å²) in [4.78, 5) is 38.3. The zero-order valence-electron chi connectivity index (χ0n) is 48.7. The van der Waals surface area contributed by atoms with E-state index >= 15 is 0 Å². The molecule has 0 saturated heterocycles. The Morgan fingerprint density at radius 3 is 0.792 bits per heavy atom. The molecule has 0 fully saturated rings. The maximum atomic E-state index is 12.9. The molecule has 0 bridgehead atoms. The van der Waals surface area contributed by atoms with E-state index in [1.165, 1.54) is 244 Å². The fourth-order valence-electron chi connectivity index (χ4n) is 9.83. The van der Waals surface area contributed by atoms with Crippen LogP contribution in [0.4, 0.5) is 0 Å². The van der Waals surface area contributed by atoms with Crippen LogP contribution >= 0.6 is 0 Å². The van der Waals surface area contributed by atoms with Crippen molar-refractivity contribution in [3.8, 4) is 0 Å². The van der Waals surface area contributed by atoms with Gasteiger partial charge in [-0.3, -0.25) is 14.4 Å². The van der Waals surface area contributed by atoms with Gasteiger partial charge >= 0.3 is 17.9 Å². The summed E-state index contributed by atoms with van der Waals surface area (Å²) in [5.74, 6) is -0.855. The first-order chi connectivity index (χ1) is 35.5. The fourth-order valence-corrected chi connectivity index (χ4v) is 9.83. The fraction of sp³-hybridized carbons (Fsp3) is 0.894. The number of ether oxygens (including phenoxy) is 3. The minimum atomic E-state index is -0.773. The van der Waals surface area contributed by atoms with Crippen LogP contribution in [-0.2, 0) is 28.6 Å². The quantitative estimate of drug-likeness (QED) is 0.0261. The van der Waals surface area contributed by atoms with Crippen LogP contribution in [0.2, 0.25) is 0 Å². The second-order valence-electron chi connectivity index (χ2n) is 22.0. The van der Waals surface area contributed by atoms with Crippen molar-refractivity contribution in [1.29, 1.82) is 0 Å². The molecule has 424 valence electrons. The van der Waals surface area contributed by atoms with Crippen molar-refractivity contribution in [3.63, 3.8) is 0 Å². The summed E-state index contributed by atoms with van der Waals surface area (Å²) in [5, 5.41) is 0. The van der Waals surface area contributed by atoms with Gasteiger partial charge in [0.05, 0.1) is 0 Å². The molecular weight excluding hydrogens is 889 g/mol. The van der Waals surface area contributed by atoms with Gasteiger partial charge in [-0.2, -0.15) is 0 Å². The molecule has 0 aromatic heterocycles. The average molecular weight is 1010 g/mol. The SMILES string of the molecule is CCCCC/C=C\C/C=C\CCCCCCCC(=O)OCC(COC(=O)CCCCCCCCCCCCCCCCCCCCCCC)OC(=O)CCCCCCCCCCCCCCCCCCCC. The summed E-state index contributed by atoms with van der Waals surface area (Å²) < 4.78 is 16.9. The summed E-state index contributed by atoms with van der Waals surface area (Å²) in [6, 6.07) is 0. The highest BCUT2D eigenvalue weighted by Gasteiger charge is 2.19. The first kappa shape index (κ1) is 69.9. The van der Waals surface area contributed by atoms with E-state index in [2.05, 4.69) is 45.1 Å². The third-order valence-electron chi connectivity index (χ3n) is 14.7. The van der Waals surface area contributed by atoms with E-state index in [9.17, 15) is 14.4 Å². The molecule has 0 spiro atoms. The molecule has 0 aliphatic rings. The molecule has 0 radical (unpaired) electrons. The third kappa shape index (κ3) is 58.8. The second kappa shape index (κ2) is 61.4. The van der Waals surface area contributed by atoms with E-state index in [-0.39, 0.29) is 31.1 Å².